The van der Waals surface area contributed by atoms with Crippen LogP contribution in [0.4, 0.5) is 0 Å². The van der Waals surface area contributed by atoms with E-state index in [-0.39, 0.29) is 17.5 Å². The molecule has 9 heteroatoms. The van der Waals surface area contributed by atoms with Crippen molar-refractivity contribution in [2.24, 2.45) is 0 Å². The van der Waals surface area contributed by atoms with Crippen LogP contribution < -0.4 is 10.9 Å². The SMILES string of the molecule is CCN1CCC(NC(=O)CSc2nc3sc4c(c3c(=O)n2CCCN(C)C)CCCC4)CC1. The van der Waals surface area contributed by atoms with E-state index in [1.54, 1.807) is 11.3 Å². The molecule has 0 spiro atoms. The number of fused-ring (bicyclic) bond motifs is 3. The maximum atomic E-state index is 13.6. The van der Waals surface area contributed by atoms with Crippen molar-refractivity contribution >= 4 is 39.2 Å². The number of carbonyl (C=O) groups is 1. The molecule has 1 saturated heterocycles. The highest BCUT2D eigenvalue weighted by molar-refractivity contribution is 7.99. The lowest BCUT2D eigenvalue weighted by Crippen LogP contribution is -2.45. The number of nitrogens with one attached hydrogen (secondary N) is 1. The number of aryl methyl sites for hydroxylation is 2. The Bertz CT molecular complexity index is 1020. The van der Waals surface area contributed by atoms with Crippen molar-refractivity contribution in [3.05, 3.63) is 20.8 Å². The van der Waals surface area contributed by atoms with E-state index in [9.17, 15) is 9.59 Å². The molecule has 3 heterocycles. The third kappa shape index (κ3) is 5.99. The molecule has 0 bridgehead atoms. The minimum absolute atomic E-state index is 0.0367. The number of amides is 1. The van der Waals surface area contributed by atoms with Crippen LogP contribution in [0.25, 0.3) is 10.2 Å². The summed E-state index contributed by atoms with van der Waals surface area (Å²) in [5.41, 5.74) is 1.31. The minimum Gasteiger partial charge on any atom is -0.353 e. The Balaban J connectivity index is 1.50. The Labute approximate surface area is 204 Å². The molecule has 1 aliphatic heterocycles. The van der Waals surface area contributed by atoms with Crippen molar-refractivity contribution in [2.75, 3.05) is 46.0 Å². The highest BCUT2D eigenvalue weighted by Crippen LogP contribution is 2.34. The third-order valence-corrected chi connectivity index (χ3v) is 8.92. The number of aromatic nitrogens is 2. The number of carbonyl (C=O) groups excluding carboxylic acids is 1. The van der Waals surface area contributed by atoms with E-state index in [1.165, 1.54) is 28.6 Å². The normalized spacial score (nSPS) is 17.6. The lowest BCUT2D eigenvalue weighted by molar-refractivity contribution is -0.119. The maximum Gasteiger partial charge on any atom is 0.263 e. The van der Waals surface area contributed by atoms with E-state index in [2.05, 4.69) is 22.0 Å². The first-order valence-electron chi connectivity index (χ1n) is 12.3. The quantitative estimate of drug-likeness (QED) is 0.430. The summed E-state index contributed by atoms with van der Waals surface area (Å²) in [5, 5.41) is 4.71. The van der Waals surface area contributed by atoms with E-state index in [1.807, 2.05) is 18.7 Å². The monoisotopic (exact) mass is 491 g/mol. The average Bonchev–Trinajstić information content (AvgIpc) is 3.18. The molecule has 0 aromatic carbocycles. The number of likely N-dealkylation sites (tertiary alicyclic amines) is 1. The van der Waals surface area contributed by atoms with Gasteiger partial charge in [-0.1, -0.05) is 18.7 Å². The summed E-state index contributed by atoms with van der Waals surface area (Å²) < 4.78 is 1.82. The van der Waals surface area contributed by atoms with Crippen LogP contribution in [0.1, 0.15) is 49.5 Å². The van der Waals surface area contributed by atoms with Gasteiger partial charge in [-0.3, -0.25) is 14.2 Å². The van der Waals surface area contributed by atoms with Crippen LogP contribution in [-0.2, 0) is 24.2 Å². The predicted molar refractivity (Wildman–Crippen MR) is 138 cm³/mol. The number of nitrogens with zero attached hydrogens (tertiary/aromatic N) is 4. The number of thioether (sulfide) groups is 1. The van der Waals surface area contributed by atoms with Crippen molar-refractivity contribution in [2.45, 2.75) is 69.6 Å². The van der Waals surface area contributed by atoms with Gasteiger partial charge in [0.2, 0.25) is 5.91 Å². The fraction of sp³-hybridized carbons (Fsp3) is 0.708. The van der Waals surface area contributed by atoms with E-state index >= 15 is 0 Å². The van der Waals surface area contributed by atoms with Crippen LogP contribution in [0.5, 0.6) is 0 Å². The molecule has 0 unspecified atom stereocenters. The van der Waals surface area contributed by atoms with Crippen molar-refractivity contribution in [1.82, 2.24) is 24.7 Å². The maximum absolute atomic E-state index is 13.6. The molecule has 182 valence electrons. The number of piperidine rings is 1. The average molecular weight is 492 g/mol. The van der Waals surface area contributed by atoms with Crippen LogP contribution in [-0.4, -0.2) is 77.3 Å². The topological polar surface area (TPSA) is 70.5 Å². The first-order chi connectivity index (χ1) is 16.0. The molecule has 4 rings (SSSR count). The second kappa shape index (κ2) is 11.3. The molecule has 0 saturated carbocycles. The van der Waals surface area contributed by atoms with Crippen molar-refractivity contribution in [3.8, 4) is 0 Å². The largest absolute Gasteiger partial charge is 0.353 e. The van der Waals surface area contributed by atoms with Crippen molar-refractivity contribution in [3.63, 3.8) is 0 Å². The van der Waals surface area contributed by atoms with Crippen LogP contribution in [0.3, 0.4) is 0 Å². The van der Waals surface area contributed by atoms with Gasteiger partial charge in [0.05, 0.1) is 11.1 Å². The summed E-state index contributed by atoms with van der Waals surface area (Å²) in [5.74, 6) is 0.333. The zero-order chi connectivity index (χ0) is 23.4. The van der Waals surface area contributed by atoms with Gasteiger partial charge in [-0.2, -0.15) is 0 Å². The van der Waals surface area contributed by atoms with Crippen molar-refractivity contribution in [1.29, 1.82) is 0 Å². The van der Waals surface area contributed by atoms with E-state index in [4.69, 9.17) is 4.98 Å². The molecule has 1 amide bonds. The molecule has 2 aromatic heterocycles. The Kier molecular flexibility index (Phi) is 8.48. The van der Waals surface area contributed by atoms with Gasteiger partial charge in [0.1, 0.15) is 4.83 Å². The van der Waals surface area contributed by atoms with Gasteiger partial charge in [-0.05, 0) is 77.7 Å². The van der Waals surface area contributed by atoms with Gasteiger partial charge in [-0.15, -0.1) is 11.3 Å². The zero-order valence-corrected chi connectivity index (χ0v) is 21.8. The molecule has 1 aliphatic carbocycles. The van der Waals surface area contributed by atoms with Gasteiger partial charge >= 0.3 is 0 Å². The molecular weight excluding hydrogens is 454 g/mol. The molecule has 2 aliphatic rings. The van der Waals surface area contributed by atoms with Crippen LogP contribution in [0, 0.1) is 0 Å². The highest BCUT2D eigenvalue weighted by Gasteiger charge is 2.23. The summed E-state index contributed by atoms with van der Waals surface area (Å²) in [6.45, 7) is 6.88. The summed E-state index contributed by atoms with van der Waals surface area (Å²) in [4.78, 5) is 37.9. The lowest BCUT2D eigenvalue weighted by atomic mass is 9.97. The Morgan fingerprint density at radius 3 is 2.73 bits per heavy atom. The van der Waals surface area contributed by atoms with E-state index in [0.29, 0.717) is 17.5 Å². The van der Waals surface area contributed by atoms with Crippen LogP contribution in [0.2, 0.25) is 0 Å². The molecule has 1 N–H and O–H groups in total. The number of hydrogen-bond donors (Lipinski definition) is 1. The lowest BCUT2D eigenvalue weighted by Gasteiger charge is -2.31. The second-order valence-corrected chi connectivity index (χ2v) is 11.5. The molecule has 0 radical (unpaired) electrons. The number of thiophene rings is 1. The predicted octanol–water partition coefficient (Wildman–Crippen LogP) is 2.98. The van der Waals surface area contributed by atoms with Crippen LogP contribution >= 0.6 is 23.1 Å². The first-order valence-corrected chi connectivity index (χ1v) is 14.1. The van der Waals surface area contributed by atoms with Gasteiger partial charge < -0.3 is 15.1 Å². The minimum atomic E-state index is 0.0367. The van der Waals surface area contributed by atoms with E-state index < -0.39 is 0 Å². The zero-order valence-electron chi connectivity index (χ0n) is 20.2. The highest BCUT2D eigenvalue weighted by atomic mass is 32.2. The van der Waals surface area contributed by atoms with Crippen LogP contribution in [0.15, 0.2) is 9.95 Å². The molecule has 7 nitrogen and oxygen atoms in total. The van der Waals surface area contributed by atoms with Gasteiger partial charge in [0.15, 0.2) is 5.16 Å². The second-order valence-electron chi connectivity index (χ2n) is 9.46. The summed E-state index contributed by atoms with van der Waals surface area (Å²) in [6.07, 6.45) is 7.26. The van der Waals surface area contributed by atoms with Gasteiger partial charge in [-0.25, -0.2) is 4.98 Å². The standard InChI is InChI=1S/C24H37N5O2S2/c1-4-28-14-10-17(11-15-28)25-20(30)16-32-24-26-22-21(18-8-5-6-9-19(18)33-22)23(31)29(24)13-7-12-27(2)3/h17H,4-16H2,1-3H3,(H,25,30). The smallest absolute Gasteiger partial charge is 0.263 e. The van der Waals surface area contributed by atoms with Gasteiger partial charge in [0, 0.05) is 30.6 Å². The first kappa shape index (κ1) is 24.7. The summed E-state index contributed by atoms with van der Waals surface area (Å²) in [7, 11) is 4.09. The fourth-order valence-electron chi connectivity index (χ4n) is 4.87. The molecule has 1 fully saturated rings. The van der Waals surface area contributed by atoms with E-state index in [0.717, 1.165) is 74.9 Å². The summed E-state index contributed by atoms with van der Waals surface area (Å²) in [6, 6.07) is 0.252. The number of rotatable bonds is 9. The molecule has 2 aromatic rings. The summed E-state index contributed by atoms with van der Waals surface area (Å²) >= 11 is 3.08. The Morgan fingerprint density at radius 2 is 2.00 bits per heavy atom. The molecular formula is C24H37N5O2S2. The Hall–Kier alpha value is -1.42. The van der Waals surface area contributed by atoms with Gasteiger partial charge in [0.25, 0.3) is 5.56 Å². The van der Waals surface area contributed by atoms with Crippen molar-refractivity contribution < 1.29 is 4.79 Å². The molecule has 33 heavy (non-hydrogen) atoms. The third-order valence-electron chi connectivity index (χ3n) is 6.76. The number of hydrogen-bond acceptors (Lipinski definition) is 7. The fourth-order valence-corrected chi connectivity index (χ4v) is 7.00. The molecule has 0 atom stereocenters. The Morgan fingerprint density at radius 1 is 1.24 bits per heavy atom.